The van der Waals surface area contributed by atoms with E-state index in [4.69, 9.17) is 16.2 Å². The van der Waals surface area contributed by atoms with E-state index in [0.717, 1.165) is 11.3 Å². The van der Waals surface area contributed by atoms with Gasteiger partial charge < -0.3 is 10.8 Å². The van der Waals surface area contributed by atoms with Gasteiger partial charge >= 0.3 is 12.0 Å². The number of carbonyl (C=O) groups excluding carboxylic acids is 1. The second kappa shape index (κ2) is 7.22. The normalized spacial score (nSPS) is 13.9. The molecule has 8 nitrogen and oxygen atoms in total. The fourth-order valence-electron chi connectivity index (χ4n) is 2.79. The van der Waals surface area contributed by atoms with Crippen molar-refractivity contribution in [2.75, 3.05) is 22.9 Å². The van der Waals surface area contributed by atoms with Crippen LogP contribution in [-0.2, 0) is 11.2 Å². The molecule has 26 heavy (non-hydrogen) atoms. The maximum absolute atomic E-state index is 12.7. The van der Waals surface area contributed by atoms with Crippen molar-refractivity contribution >= 4 is 29.3 Å². The van der Waals surface area contributed by atoms with Gasteiger partial charge in [0.2, 0.25) is 0 Å². The summed E-state index contributed by atoms with van der Waals surface area (Å²) in [6, 6.07) is 10.3. The standard InChI is InChI=1S/C18H19N5O3/c19-17(20)13-3-5-14(6-4-13)22-9-10-23(18(22)26)15-7-1-12(11-21-15)2-8-16(24)25/h1,3-7,11H,2,8-10H2,(H3,19,20)(H,24,25). The molecule has 0 saturated carbocycles. The Kier molecular flexibility index (Phi) is 4.83. The monoisotopic (exact) mass is 353 g/mol. The van der Waals surface area contributed by atoms with Gasteiger partial charge in [-0.1, -0.05) is 6.07 Å². The maximum Gasteiger partial charge on any atom is 0.330 e. The highest BCUT2D eigenvalue weighted by molar-refractivity contribution is 6.05. The van der Waals surface area contributed by atoms with Crippen LogP contribution in [0.15, 0.2) is 42.6 Å². The number of benzene rings is 1. The number of anilines is 2. The molecule has 0 aliphatic carbocycles. The number of nitrogens with zero attached hydrogens (tertiary/aromatic N) is 3. The van der Waals surface area contributed by atoms with Crippen molar-refractivity contribution in [1.29, 1.82) is 5.41 Å². The number of aryl methyl sites for hydroxylation is 1. The second-order valence-electron chi connectivity index (χ2n) is 5.96. The van der Waals surface area contributed by atoms with E-state index in [1.165, 1.54) is 0 Å². The van der Waals surface area contributed by atoms with Crippen molar-refractivity contribution in [1.82, 2.24) is 4.98 Å². The number of hydrogen-bond donors (Lipinski definition) is 3. The van der Waals surface area contributed by atoms with E-state index in [1.807, 2.05) is 0 Å². The highest BCUT2D eigenvalue weighted by atomic mass is 16.4. The third-order valence-electron chi connectivity index (χ3n) is 4.21. The highest BCUT2D eigenvalue weighted by Crippen LogP contribution is 2.24. The third kappa shape index (κ3) is 3.64. The molecule has 0 spiro atoms. The predicted molar refractivity (Wildman–Crippen MR) is 97.7 cm³/mol. The van der Waals surface area contributed by atoms with Crippen LogP contribution in [0.1, 0.15) is 17.5 Å². The van der Waals surface area contributed by atoms with E-state index in [-0.39, 0.29) is 18.3 Å². The summed E-state index contributed by atoms with van der Waals surface area (Å²) in [4.78, 5) is 30.8. The molecule has 1 fully saturated rings. The van der Waals surface area contributed by atoms with E-state index < -0.39 is 5.97 Å². The zero-order chi connectivity index (χ0) is 18.7. The zero-order valence-corrected chi connectivity index (χ0v) is 14.1. The number of aliphatic carboxylic acids is 1. The minimum atomic E-state index is -0.852. The molecule has 0 bridgehead atoms. The summed E-state index contributed by atoms with van der Waals surface area (Å²) in [5, 5.41) is 16.1. The fraction of sp³-hybridized carbons (Fsp3) is 0.222. The Hall–Kier alpha value is -3.42. The first-order valence-corrected chi connectivity index (χ1v) is 8.16. The lowest BCUT2D eigenvalue weighted by molar-refractivity contribution is -0.136. The summed E-state index contributed by atoms with van der Waals surface area (Å²) in [6.07, 6.45) is 2.06. The summed E-state index contributed by atoms with van der Waals surface area (Å²) in [5.41, 5.74) is 7.61. The van der Waals surface area contributed by atoms with Crippen LogP contribution in [0.2, 0.25) is 0 Å². The van der Waals surface area contributed by atoms with Gasteiger partial charge in [0, 0.05) is 37.0 Å². The average Bonchev–Trinajstić information content (AvgIpc) is 3.02. The Balaban J connectivity index is 1.70. The van der Waals surface area contributed by atoms with Crippen LogP contribution >= 0.6 is 0 Å². The van der Waals surface area contributed by atoms with E-state index >= 15 is 0 Å². The van der Waals surface area contributed by atoms with Gasteiger partial charge in [0.05, 0.1) is 0 Å². The Morgan fingerprint density at radius 3 is 2.42 bits per heavy atom. The number of pyridine rings is 1. The second-order valence-corrected chi connectivity index (χ2v) is 5.96. The molecule has 1 aromatic heterocycles. The number of amides is 2. The van der Waals surface area contributed by atoms with Crippen molar-refractivity contribution in [3.05, 3.63) is 53.7 Å². The Morgan fingerprint density at radius 1 is 1.15 bits per heavy atom. The van der Waals surface area contributed by atoms with Crippen molar-refractivity contribution in [3.8, 4) is 0 Å². The number of nitrogens with two attached hydrogens (primary N) is 1. The van der Waals surface area contributed by atoms with Crippen LogP contribution in [-0.4, -0.2) is 41.0 Å². The lowest BCUT2D eigenvalue weighted by Crippen LogP contribution is -2.32. The zero-order valence-electron chi connectivity index (χ0n) is 14.1. The number of nitrogen functional groups attached to an aromatic ring is 1. The molecule has 2 amide bonds. The molecular weight excluding hydrogens is 334 g/mol. The Bertz CT molecular complexity index is 833. The van der Waals surface area contributed by atoms with Crippen LogP contribution in [0.4, 0.5) is 16.3 Å². The van der Waals surface area contributed by atoms with Crippen molar-refractivity contribution in [3.63, 3.8) is 0 Å². The summed E-state index contributed by atoms with van der Waals surface area (Å²) in [6.45, 7) is 1.04. The largest absolute Gasteiger partial charge is 0.481 e. The SMILES string of the molecule is N=C(N)c1ccc(N2CCN(c3ccc(CCC(=O)O)cn3)C2=O)cc1. The van der Waals surface area contributed by atoms with Crippen LogP contribution in [0.3, 0.4) is 0 Å². The highest BCUT2D eigenvalue weighted by Gasteiger charge is 2.31. The van der Waals surface area contributed by atoms with E-state index in [2.05, 4.69) is 4.98 Å². The fourth-order valence-corrected chi connectivity index (χ4v) is 2.79. The van der Waals surface area contributed by atoms with Crippen LogP contribution in [0.25, 0.3) is 0 Å². The van der Waals surface area contributed by atoms with Gasteiger partial charge in [-0.25, -0.2) is 9.78 Å². The van der Waals surface area contributed by atoms with Crippen molar-refractivity contribution in [2.24, 2.45) is 5.73 Å². The van der Waals surface area contributed by atoms with Crippen molar-refractivity contribution in [2.45, 2.75) is 12.8 Å². The van der Waals surface area contributed by atoms with Gasteiger partial charge in [0.1, 0.15) is 11.7 Å². The molecule has 0 unspecified atom stereocenters. The van der Waals surface area contributed by atoms with E-state index in [0.29, 0.717) is 30.9 Å². The van der Waals surface area contributed by atoms with Crippen molar-refractivity contribution < 1.29 is 14.7 Å². The summed E-state index contributed by atoms with van der Waals surface area (Å²) in [5.74, 6) is -0.328. The molecule has 134 valence electrons. The van der Waals surface area contributed by atoms with Crippen LogP contribution in [0, 0.1) is 5.41 Å². The minimum absolute atomic E-state index is 0.0156. The molecule has 4 N–H and O–H groups in total. The number of carboxylic acid groups (broad SMARTS) is 1. The first-order valence-electron chi connectivity index (χ1n) is 8.16. The number of rotatable bonds is 6. The molecule has 2 aromatic rings. The quantitative estimate of drug-likeness (QED) is 0.540. The van der Waals surface area contributed by atoms with E-state index in [9.17, 15) is 9.59 Å². The Morgan fingerprint density at radius 2 is 1.85 bits per heavy atom. The summed E-state index contributed by atoms with van der Waals surface area (Å²) in [7, 11) is 0. The molecule has 1 saturated heterocycles. The molecule has 0 radical (unpaired) electrons. The van der Waals surface area contributed by atoms with Crippen LogP contribution < -0.4 is 15.5 Å². The third-order valence-corrected chi connectivity index (χ3v) is 4.21. The molecule has 1 aliphatic heterocycles. The molecule has 2 heterocycles. The number of carbonyl (C=O) groups is 2. The van der Waals surface area contributed by atoms with Gasteiger partial charge in [-0.15, -0.1) is 0 Å². The smallest absolute Gasteiger partial charge is 0.330 e. The number of hydrogen-bond acceptors (Lipinski definition) is 4. The number of amidine groups is 1. The first kappa shape index (κ1) is 17.4. The lowest BCUT2D eigenvalue weighted by Gasteiger charge is -2.18. The molecular formula is C18H19N5O3. The van der Waals surface area contributed by atoms with Gasteiger partial charge in [0.15, 0.2) is 0 Å². The summed E-state index contributed by atoms with van der Waals surface area (Å²) < 4.78 is 0. The molecule has 8 heteroatoms. The number of urea groups is 1. The van der Waals surface area contributed by atoms with Gasteiger partial charge in [-0.2, -0.15) is 0 Å². The van der Waals surface area contributed by atoms with Gasteiger partial charge in [-0.3, -0.25) is 20.0 Å². The maximum atomic E-state index is 12.7. The molecule has 3 rings (SSSR count). The van der Waals surface area contributed by atoms with Gasteiger partial charge in [0.25, 0.3) is 0 Å². The first-order chi connectivity index (χ1) is 12.5. The Labute approximate surface area is 150 Å². The topological polar surface area (TPSA) is 124 Å². The number of nitrogens with one attached hydrogen (secondary N) is 1. The molecule has 1 aliphatic rings. The average molecular weight is 353 g/mol. The predicted octanol–water partition coefficient (Wildman–Crippen LogP) is 1.83. The van der Waals surface area contributed by atoms with E-state index in [1.54, 1.807) is 52.4 Å². The molecule has 1 aromatic carbocycles. The minimum Gasteiger partial charge on any atom is -0.481 e. The summed E-state index contributed by atoms with van der Waals surface area (Å²) >= 11 is 0. The van der Waals surface area contributed by atoms with Crippen LogP contribution in [0.5, 0.6) is 0 Å². The lowest BCUT2D eigenvalue weighted by atomic mass is 10.1. The number of aromatic nitrogens is 1. The molecule has 0 atom stereocenters. The van der Waals surface area contributed by atoms with Gasteiger partial charge in [-0.05, 0) is 42.3 Å². The number of carboxylic acids is 1.